The minimum Gasteiger partial charge on any atom is -0.465 e. The molecule has 0 saturated carbocycles. The second-order valence-corrected chi connectivity index (χ2v) is 5.12. The number of methoxy groups -OCH3 is 1. The Morgan fingerprint density at radius 1 is 1.43 bits per heavy atom. The van der Waals surface area contributed by atoms with Gasteiger partial charge in [-0.05, 0) is 25.0 Å². The van der Waals surface area contributed by atoms with Crippen LogP contribution in [-0.2, 0) is 9.53 Å². The molecular formula is C15H19FN2O3. The summed E-state index contributed by atoms with van der Waals surface area (Å²) in [6.07, 6.45) is 1.16. The molecule has 0 bridgehead atoms. The zero-order chi connectivity index (χ0) is 16.2. The van der Waals surface area contributed by atoms with Crippen LogP contribution in [0.1, 0.15) is 36.7 Å². The largest absolute Gasteiger partial charge is 0.465 e. The minimum atomic E-state index is -1.18. The summed E-state index contributed by atoms with van der Waals surface area (Å²) in [5, 5.41) is 0. The van der Waals surface area contributed by atoms with E-state index in [1.165, 1.54) is 25.3 Å². The third kappa shape index (κ3) is 3.45. The summed E-state index contributed by atoms with van der Waals surface area (Å²) in [6.45, 7) is 5.13. The first-order valence-electron chi connectivity index (χ1n) is 6.46. The number of hydrogen-bond acceptors (Lipinski definition) is 4. The predicted octanol–water partition coefficient (Wildman–Crippen LogP) is 1.93. The van der Waals surface area contributed by atoms with E-state index in [2.05, 4.69) is 9.73 Å². The molecule has 1 unspecified atom stereocenters. The van der Waals surface area contributed by atoms with Crippen LogP contribution < -0.4 is 5.73 Å². The van der Waals surface area contributed by atoms with E-state index in [0.29, 0.717) is 0 Å². The summed E-state index contributed by atoms with van der Waals surface area (Å²) in [4.78, 5) is 27.3. The fourth-order valence-corrected chi connectivity index (χ4v) is 1.65. The van der Waals surface area contributed by atoms with Crippen molar-refractivity contribution < 1.29 is 18.7 Å². The second kappa shape index (κ2) is 6.47. The van der Waals surface area contributed by atoms with E-state index in [9.17, 15) is 14.0 Å². The summed E-state index contributed by atoms with van der Waals surface area (Å²) >= 11 is 0. The van der Waals surface area contributed by atoms with E-state index in [1.54, 1.807) is 20.8 Å². The maximum Gasteiger partial charge on any atom is 0.338 e. The molecule has 1 atom stereocenters. The number of benzene rings is 1. The fourth-order valence-electron chi connectivity index (χ4n) is 1.65. The van der Waals surface area contributed by atoms with Gasteiger partial charge in [0.2, 0.25) is 5.91 Å². The van der Waals surface area contributed by atoms with Gasteiger partial charge in [-0.1, -0.05) is 19.9 Å². The van der Waals surface area contributed by atoms with Gasteiger partial charge in [0.05, 0.1) is 12.7 Å². The smallest absolute Gasteiger partial charge is 0.338 e. The molecule has 1 aromatic rings. The van der Waals surface area contributed by atoms with Gasteiger partial charge in [0.1, 0.15) is 11.4 Å². The number of nitrogens with zero attached hydrogens (tertiary/aromatic N) is 1. The molecule has 1 rings (SSSR count). The summed E-state index contributed by atoms with van der Waals surface area (Å²) in [5.74, 6) is -2.11. The molecule has 114 valence electrons. The van der Waals surface area contributed by atoms with Crippen LogP contribution in [0.4, 0.5) is 4.39 Å². The Labute approximate surface area is 123 Å². The van der Waals surface area contributed by atoms with Crippen LogP contribution in [-0.4, -0.2) is 30.7 Å². The van der Waals surface area contributed by atoms with Gasteiger partial charge in [-0.2, -0.15) is 0 Å². The van der Waals surface area contributed by atoms with E-state index in [4.69, 9.17) is 5.73 Å². The number of rotatable bonds is 5. The van der Waals surface area contributed by atoms with Crippen molar-refractivity contribution in [1.29, 1.82) is 0 Å². The SMILES string of the molecule is COC(=O)c1cccc(F)c1C=NC(C)(C(N)=O)C(C)C. The summed E-state index contributed by atoms with van der Waals surface area (Å²) in [5.41, 5.74) is 4.18. The average molecular weight is 294 g/mol. The molecule has 21 heavy (non-hydrogen) atoms. The summed E-state index contributed by atoms with van der Waals surface area (Å²) < 4.78 is 18.5. The van der Waals surface area contributed by atoms with Crippen LogP contribution >= 0.6 is 0 Å². The number of nitrogens with two attached hydrogens (primary N) is 1. The summed E-state index contributed by atoms with van der Waals surface area (Å²) in [6, 6.07) is 4.02. The normalized spacial score (nSPS) is 14.2. The van der Waals surface area contributed by atoms with Crippen LogP contribution in [0.15, 0.2) is 23.2 Å². The van der Waals surface area contributed by atoms with Gasteiger partial charge < -0.3 is 10.5 Å². The summed E-state index contributed by atoms with van der Waals surface area (Å²) in [7, 11) is 1.20. The molecule has 0 aromatic heterocycles. The van der Waals surface area contributed by atoms with Gasteiger partial charge in [-0.15, -0.1) is 0 Å². The number of esters is 1. The molecule has 0 aliphatic heterocycles. The molecule has 2 N–H and O–H groups in total. The molecule has 1 aromatic carbocycles. The lowest BCUT2D eigenvalue weighted by molar-refractivity contribution is -0.123. The standard InChI is InChI=1S/C15H19FN2O3/c1-9(2)15(3,14(17)20)18-8-11-10(13(19)21-4)6-5-7-12(11)16/h5-9H,1-4H3,(H2,17,20). The van der Waals surface area contributed by atoms with Crippen molar-refractivity contribution in [3.05, 3.63) is 35.1 Å². The van der Waals surface area contributed by atoms with E-state index in [1.807, 2.05) is 0 Å². The molecule has 0 fully saturated rings. The number of ether oxygens (including phenoxy) is 1. The molecular weight excluding hydrogens is 275 g/mol. The topological polar surface area (TPSA) is 81.8 Å². The highest BCUT2D eigenvalue weighted by Crippen LogP contribution is 2.22. The van der Waals surface area contributed by atoms with Crippen LogP contribution in [0.2, 0.25) is 0 Å². The number of hydrogen-bond donors (Lipinski definition) is 1. The Kier molecular flexibility index (Phi) is 5.18. The number of halogens is 1. The van der Waals surface area contributed by atoms with Gasteiger partial charge in [-0.25, -0.2) is 9.18 Å². The molecule has 0 aliphatic carbocycles. The Morgan fingerprint density at radius 2 is 2.05 bits per heavy atom. The quantitative estimate of drug-likeness (QED) is 0.665. The Morgan fingerprint density at radius 3 is 2.52 bits per heavy atom. The third-order valence-corrected chi connectivity index (χ3v) is 3.54. The number of primary amides is 1. The molecule has 0 aliphatic rings. The Balaban J connectivity index is 3.33. The minimum absolute atomic E-state index is 0.0301. The van der Waals surface area contributed by atoms with Crippen molar-refractivity contribution in [1.82, 2.24) is 0 Å². The zero-order valence-corrected chi connectivity index (χ0v) is 12.5. The van der Waals surface area contributed by atoms with Gasteiger partial charge >= 0.3 is 5.97 Å². The molecule has 5 nitrogen and oxygen atoms in total. The van der Waals surface area contributed by atoms with Gasteiger partial charge in [0.15, 0.2) is 0 Å². The van der Waals surface area contributed by atoms with Crippen molar-refractivity contribution in [3.63, 3.8) is 0 Å². The maximum absolute atomic E-state index is 13.9. The molecule has 0 spiro atoms. The molecule has 0 radical (unpaired) electrons. The van der Waals surface area contributed by atoms with E-state index in [-0.39, 0.29) is 17.0 Å². The van der Waals surface area contributed by atoms with Gasteiger partial charge in [0, 0.05) is 11.8 Å². The van der Waals surface area contributed by atoms with Crippen molar-refractivity contribution in [2.24, 2.45) is 16.6 Å². The van der Waals surface area contributed by atoms with E-state index >= 15 is 0 Å². The Bertz CT molecular complexity index is 584. The maximum atomic E-state index is 13.9. The first kappa shape index (κ1) is 16.8. The lowest BCUT2D eigenvalue weighted by Crippen LogP contribution is -2.44. The first-order valence-corrected chi connectivity index (χ1v) is 6.46. The highest BCUT2D eigenvalue weighted by Gasteiger charge is 2.33. The predicted molar refractivity (Wildman–Crippen MR) is 77.8 cm³/mol. The van der Waals surface area contributed by atoms with Crippen LogP contribution in [0, 0.1) is 11.7 Å². The second-order valence-electron chi connectivity index (χ2n) is 5.12. The average Bonchev–Trinajstić information content (AvgIpc) is 2.43. The van der Waals surface area contributed by atoms with Crippen molar-refractivity contribution in [2.75, 3.05) is 7.11 Å². The molecule has 1 amide bonds. The van der Waals surface area contributed by atoms with Crippen molar-refractivity contribution >= 4 is 18.1 Å². The van der Waals surface area contributed by atoms with E-state index < -0.39 is 23.2 Å². The van der Waals surface area contributed by atoms with Crippen LogP contribution in [0.3, 0.4) is 0 Å². The zero-order valence-electron chi connectivity index (χ0n) is 12.5. The fraction of sp³-hybridized carbons (Fsp3) is 0.400. The Hall–Kier alpha value is -2.24. The third-order valence-electron chi connectivity index (χ3n) is 3.54. The molecule has 0 saturated heterocycles. The number of carbonyl (C=O) groups is 2. The highest BCUT2D eigenvalue weighted by molar-refractivity contribution is 6.00. The number of amides is 1. The van der Waals surface area contributed by atoms with Gasteiger partial charge in [0.25, 0.3) is 0 Å². The monoisotopic (exact) mass is 294 g/mol. The number of aliphatic imine (C=N–C) groups is 1. The van der Waals surface area contributed by atoms with Crippen LogP contribution in [0.25, 0.3) is 0 Å². The molecule has 6 heteroatoms. The number of carbonyl (C=O) groups excluding carboxylic acids is 2. The van der Waals surface area contributed by atoms with Crippen molar-refractivity contribution in [2.45, 2.75) is 26.3 Å². The van der Waals surface area contributed by atoms with Crippen molar-refractivity contribution in [3.8, 4) is 0 Å². The van der Waals surface area contributed by atoms with E-state index in [0.717, 1.165) is 6.21 Å². The lowest BCUT2D eigenvalue weighted by Gasteiger charge is -2.25. The lowest BCUT2D eigenvalue weighted by atomic mass is 9.88. The van der Waals surface area contributed by atoms with Gasteiger partial charge in [-0.3, -0.25) is 9.79 Å². The molecule has 0 heterocycles. The highest BCUT2D eigenvalue weighted by atomic mass is 19.1. The van der Waals surface area contributed by atoms with Crippen LogP contribution in [0.5, 0.6) is 0 Å². The first-order chi connectivity index (χ1) is 9.74.